The molecule has 0 aromatic rings. The Kier molecular flexibility index (Phi) is 8.57. The number of ether oxygens (including phenoxy) is 1. The summed E-state index contributed by atoms with van der Waals surface area (Å²) in [6, 6.07) is 0. The van der Waals surface area contributed by atoms with E-state index in [1.807, 2.05) is 0 Å². The van der Waals surface area contributed by atoms with E-state index in [0.717, 1.165) is 0 Å². The van der Waals surface area contributed by atoms with Gasteiger partial charge in [0.15, 0.2) is 0 Å². The van der Waals surface area contributed by atoms with E-state index in [4.69, 9.17) is 29.9 Å². The Morgan fingerprint density at radius 2 is 1.56 bits per heavy atom. The highest BCUT2D eigenvalue weighted by molar-refractivity contribution is 5.57. The van der Waals surface area contributed by atoms with E-state index in [1.165, 1.54) is 0 Å². The Morgan fingerprint density at radius 3 is 1.78 bits per heavy atom. The minimum atomic E-state index is -1.83. The summed E-state index contributed by atoms with van der Waals surface area (Å²) < 4.78 is 4.38. The van der Waals surface area contributed by atoms with E-state index in [2.05, 4.69) is 11.3 Å². The van der Waals surface area contributed by atoms with E-state index in [9.17, 15) is 4.79 Å². The van der Waals surface area contributed by atoms with Crippen molar-refractivity contribution in [2.45, 2.75) is 39.6 Å². The van der Waals surface area contributed by atoms with Crippen molar-refractivity contribution in [2.24, 2.45) is 0 Å². The molecule has 0 aliphatic rings. The molecule has 0 saturated carbocycles. The van der Waals surface area contributed by atoms with Crippen LogP contribution in [0, 0.1) is 0 Å². The molecule has 0 spiro atoms. The summed E-state index contributed by atoms with van der Waals surface area (Å²) in [5, 5.41) is 22.3. The summed E-state index contributed by atoms with van der Waals surface area (Å²) in [7, 11) is 0. The molecule has 0 bridgehead atoms. The smallest absolute Gasteiger partial charge is 0.450 e. The zero-order valence-corrected chi connectivity index (χ0v) is 10.7. The molecule has 0 saturated heterocycles. The van der Waals surface area contributed by atoms with Crippen LogP contribution in [0.1, 0.15) is 27.7 Å². The molecule has 0 amide bonds. The summed E-state index contributed by atoms with van der Waals surface area (Å²) in [6.45, 7) is 10.4. The van der Waals surface area contributed by atoms with Crippen molar-refractivity contribution >= 4 is 12.3 Å². The lowest BCUT2D eigenvalue weighted by Gasteiger charge is -2.22. The van der Waals surface area contributed by atoms with Gasteiger partial charge in [-0.2, -0.15) is 4.89 Å². The first-order valence-electron chi connectivity index (χ1n) is 4.77. The molecule has 1 unspecified atom stereocenters. The number of rotatable bonds is 4. The monoisotopic (exact) mass is 266 g/mol. The quantitative estimate of drug-likeness (QED) is 0.233. The van der Waals surface area contributed by atoms with Crippen molar-refractivity contribution < 1.29 is 39.4 Å². The van der Waals surface area contributed by atoms with E-state index < -0.39 is 24.2 Å². The molecule has 1 atom stereocenters. The zero-order valence-electron chi connectivity index (χ0n) is 10.7. The number of hydrogen-bond acceptors (Lipinski definition) is 5. The Hall–Kier alpha value is -1.80. The summed E-state index contributed by atoms with van der Waals surface area (Å²) in [5.74, 6) is 0. The molecule has 0 fully saturated rings. The molecule has 18 heavy (non-hydrogen) atoms. The summed E-state index contributed by atoms with van der Waals surface area (Å²) >= 11 is 0. The van der Waals surface area contributed by atoms with E-state index in [1.54, 1.807) is 27.7 Å². The van der Waals surface area contributed by atoms with Crippen molar-refractivity contribution in [1.82, 2.24) is 0 Å². The summed E-state index contributed by atoms with van der Waals surface area (Å²) in [4.78, 5) is 28.5. The molecule has 8 heteroatoms. The topological polar surface area (TPSA) is 123 Å². The van der Waals surface area contributed by atoms with Gasteiger partial charge in [-0.15, -0.1) is 0 Å². The molecule has 0 aliphatic carbocycles. The van der Waals surface area contributed by atoms with Crippen LogP contribution in [0.25, 0.3) is 0 Å². The predicted octanol–water partition coefficient (Wildman–Crippen LogP) is 2.55. The Balaban J connectivity index is 0. The van der Waals surface area contributed by atoms with Crippen LogP contribution in [0.15, 0.2) is 12.2 Å². The average molecular weight is 266 g/mol. The molecule has 106 valence electrons. The van der Waals surface area contributed by atoms with Gasteiger partial charge in [0.25, 0.3) is 6.29 Å². The first-order chi connectivity index (χ1) is 7.95. The zero-order chi connectivity index (χ0) is 14.9. The van der Waals surface area contributed by atoms with Gasteiger partial charge in [0, 0.05) is 0 Å². The molecule has 0 heterocycles. The van der Waals surface area contributed by atoms with Gasteiger partial charge in [-0.05, 0) is 33.3 Å². The van der Waals surface area contributed by atoms with E-state index >= 15 is 0 Å². The Morgan fingerprint density at radius 1 is 1.17 bits per heavy atom. The Labute approximate surface area is 104 Å². The van der Waals surface area contributed by atoms with E-state index in [0.29, 0.717) is 5.57 Å². The largest absolute Gasteiger partial charge is 0.508 e. The molecule has 8 nitrogen and oxygen atoms in total. The van der Waals surface area contributed by atoms with Crippen LogP contribution in [-0.4, -0.2) is 39.5 Å². The maximum Gasteiger partial charge on any atom is 0.508 e. The maximum absolute atomic E-state index is 10.2. The minimum absolute atomic E-state index is 0.414. The second kappa shape index (κ2) is 8.31. The molecule has 0 aliphatic heterocycles. The third-order valence-corrected chi connectivity index (χ3v) is 0.996. The lowest BCUT2D eigenvalue weighted by atomic mass is 10.2. The summed E-state index contributed by atoms with van der Waals surface area (Å²) in [5.41, 5.74) is -0.119. The third kappa shape index (κ3) is 16.6. The third-order valence-electron chi connectivity index (χ3n) is 0.996. The summed E-state index contributed by atoms with van der Waals surface area (Å²) in [6.07, 6.45) is -4.36. The fourth-order valence-electron chi connectivity index (χ4n) is 0.482. The van der Waals surface area contributed by atoms with Crippen LogP contribution in [0.3, 0.4) is 0 Å². The molecule has 0 rings (SSSR count). The number of hydrogen-bond donors (Lipinski definition) is 3. The van der Waals surface area contributed by atoms with Gasteiger partial charge in [-0.25, -0.2) is 14.5 Å². The van der Waals surface area contributed by atoms with Crippen LogP contribution in [0.5, 0.6) is 0 Å². The lowest BCUT2D eigenvalue weighted by molar-refractivity contribution is -0.399. The highest BCUT2D eigenvalue weighted by Gasteiger charge is 2.20. The normalized spacial score (nSPS) is 11.8. The van der Waals surface area contributed by atoms with Gasteiger partial charge in [0.1, 0.15) is 0 Å². The second-order valence-electron chi connectivity index (χ2n) is 4.14. The van der Waals surface area contributed by atoms with Crippen LogP contribution >= 0.6 is 0 Å². The first kappa shape index (κ1) is 18.6. The average Bonchev–Trinajstić information content (AvgIpc) is 2.08. The standard InChI is InChI=1S/C9H16O5.CH2O3/c1-6(2)7(12-8(10)11)13-14-9(3,4)5;2-1(3)4/h7H,1H2,2-5H3,(H,10,11);(H2,2,3,4). The fourth-order valence-corrected chi connectivity index (χ4v) is 0.482. The minimum Gasteiger partial charge on any atom is -0.450 e. The van der Waals surface area contributed by atoms with Gasteiger partial charge in [0.05, 0.1) is 5.60 Å². The van der Waals surface area contributed by atoms with Gasteiger partial charge < -0.3 is 20.1 Å². The van der Waals surface area contributed by atoms with Gasteiger partial charge >= 0.3 is 12.3 Å². The Bertz CT molecular complexity index is 287. The van der Waals surface area contributed by atoms with Crippen LogP contribution < -0.4 is 0 Å². The second-order valence-corrected chi connectivity index (χ2v) is 4.14. The van der Waals surface area contributed by atoms with Crippen LogP contribution in [0.4, 0.5) is 9.59 Å². The molecular formula is C10H18O8. The van der Waals surface area contributed by atoms with Gasteiger partial charge in [-0.1, -0.05) is 6.58 Å². The SMILES string of the molecule is C=C(C)C(OOC(C)(C)C)OC(=O)O.O=C(O)O. The van der Waals surface area contributed by atoms with Crippen molar-refractivity contribution in [2.75, 3.05) is 0 Å². The fraction of sp³-hybridized carbons (Fsp3) is 0.600. The molecule has 0 aromatic heterocycles. The first-order valence-corrected chi connectivity index (χ1v) is 4.77. The van der Waals surface area contributed by atoms with E-state index in [-0.39, 0.29) is 0 Å². The molecular weight excluding hydrogens is 248 g/mol. The van der Waals surface area contributed by atoms with Crippen molar-refractivity contribution in [3.05, 3.63) is 12.2 Å². The van der Waals surface area contributed by atoms with Crippen LogP contribution in [0.2, 0.25) is 0 Å². The predicted molar refractivity (Wildman–Crippen MR) is 60.3 cm³/mol. The van der Waals surface area contributed by atoms with Crippen LogP contribution in [-0.2, 0) is 14.5 Å². The van der Waals surface area contributed by atoms with Crippen molar-refractivity contribution in [1.29, 1.82) is 0 Å². The highest BCUT2D eigenvalue weighted by Crippen LogP contribution is 2.13. The highest BCUT2D eigenvalue weighted by atomic mass is 17.2. The maximum atomic E-state index is 10.2. The molecule has 3 N–H and O–H groups in total. The van der Waals surface area contributed by atoms with Gasteiger partial charge in [0.2, 0.25) is 0 Å². The molecule has 0 aromatic carbocycles. The lowest BCUT2D eigenvalue weighted by Crippen LogP contribution is -2.27. The van der Waals surface area contributed by atoms with Crippen molar-refractivity contribution in [3.8, 4) is 0 Å². The molecule has 0 radical (unpaired) electrons. The van der Waals surface area contributed by atoms with Gasteiger partial charge in [-0.3, -0.25) is 0 Å². The number of carboxylic acid groups (broad SMARTS) is 3. The number of carbonyl (C=O) groups is 2. The van der Waals surface area contributed by atoms with Crippen molar-refractivity contribution in [3.63, 3.8) is 0 Å².